The fourth-order valence-electron chi connectivity index (χ4n) is 2.05. The molecule has 0 spiro atoms. The Kier molecular flexibility index (Phi) is 2.50. The summed E-state index contributed by atoms with van der Waals surface area (Å²) in [4.78, 5) is 3.76. The number of hydrogen-bond donors (Lipinski definition) is 1. The Bertz CT molecular complexity index is 327. The molecule has 1 aliphatic carbocycles. The molecule has 0 aromatic carbocycles. The molecule has 0 bridgehead atoms. The number of halogens is 1. The maximum absolute atomic E-state index is 13.4. The third kappa shape index (κ3) is 1.64. The van der Waals surface area contributed by atoms with Crippen molar-refractivity contribution in [2.45, 2.75) is 19.4 Å². The molecule has 0 saturated heterocycles. The zero-order valence-electron chi connectivity index (χ0n) is 8.50. The van der Waals surface area contributed by atoms with Crippen LogP contribution in [0.2, 0.25) is 0 Å². The molecular weight excluding hydrogens is 179 g/mol. The van der Waals surface area contributed by atoms with Crippen molar-refractivity contribution in [2.75, 3.05) is 7.05 Å². The van der Waals surface area contributed by atoms with Crippen molar-refractivity contribution in [1.29, 1.82) is 0 Å². The van der Waals surface area contributed by atoms with Crippen LogP contribution >= 0.6 is 0 Å². The topological polar surface area (TPSA) is 24.9 Å². The van der Waals surface area contributed by atoms with Gasteiger partial charge < -0.3 is 5.32 Å². The van der Waals surface area contributed by atoms with E-state index in [0.717, 1.165) is 5.56 Å². The predicted octanol–water partition coefficient (Wildman–Crippen LogP) is 2.14. The Morgan fingerprint density at radius 3 is 2.86 bits per heavy atom. The van der Waals surface area contributed by atoms with Gasteiger partial charge in [0.15, 0.2) is 0 Å². The van der Waals surface area contributed by atoms with Gasteiger partial charge in [-0.3, -0.25) is 4.98 Å². The first-order valence-corrected chi connectivity index (χ1v) is 5.00. The number of nitrogens with one attached hydrogen (secondary N) is 1. The first kappa shape index (κ1) is 9.59. The molecule has 2 nitrogen and oxygen atoms in total. The van der Waals surface area contributed by atoms with Crippen molar-refractivity contribution in [2.24, 2.45) is 11.8 Å². The van der Waals surface area contributed by atoms with Crippen LogP contribution in [-0.4, -0.2) is 12.0 Å². The monoisotopic (exact) mass is 194 g/mol. The molecule has 14 heavy (non-hydrogen) atoms. The van der Waals surface area contributed by atoms with Crippen LogP contribution in [0.1, 0.15) is 24.9 Å². The van der Waals surface area contributed by atoms with Crippen LogP contribution in [-0.2, 0) is 0 Å². The summed E-state index contributed by atoms with van der Waals surface area (Å²) in [6.45, 7) is 2.20. The van der Waals surface area contributed by atoms with E-state index in [4.69, 9.17) is 0 Å². The molecule has 3 atom stereocenters. The average Bonchev–Trinajstić information content (AvgIpc) is 2.88. The van der Waals surface area contributed by atoms with Crippen LogP contribution < -0.4 is 5.32 Å². The summed E-state index contributed by atoms with van der Waals surface area (Å²) in [7, 11) is 1.88. The Morgan fingerprint density at radius 1 is 1.64 bits per heavy atom. The summed E-state index contributed by atoms with van der Waals surface area (Å²) < 4.78 is 13.4. The van der Waals surface area contributed by atoms with Crippen molar-refractivity contribution in [3.8, 4) is 0 Å². The highest BCUT2D eigenvalue weighted by molar-refractivity contribution is 5.20. The van der Waals surface area contributed by atoms with Gasteiger partial charge in [-0.2, -0.15) is 0 Å². The third-order valence-corrected chi connectivity index (χ3v) is 3.05. The molecule has 3 unspecified atom stereocenters. The summed E-state index contributed by atoms with van der Waals surface area (Å²) in [5, 5.41) is 3.18. The Labute approximate surface area is 83.6 Å². The fraction of sp³-hybridized carbons (Fsp3) is 0.545. The molecule has 1 saturated carbocycles. The second kappa shape index (κ2) is 3.65. The van der Waals surface area contributed by atoms with Gasteiger partial charge in [0.1, 0.15) is 5.82 Å². The van der Waals surface area contributed by atoms with Gasteiger partial charge in [-0.25, -0.2) is 4.39 Å². The predicted molar refractivity (Wildman–Crippen MR) is 53.3 cm³/mol. The van der Waals surface area contributed by atoms with E-state index in [2.05, 4.69) is 17.2 Å². The van der Waals surface area contributed by atoms with Gasteiger partial charge in [0.25, 0.3) is 0 Å². The summed E-state index contributed by atoms with van der Waals surface area (Å²) in [5.41, 5.74) is 0.747. The SMILES string of the molecule is CNC(c1ccncc1F)C1CC1C. The smallest absolute Gasteiger partial charge is 0.146 e. The summed E-state index contributed by atoms with van der Waals surface area (Å²) >= 11 is 0. The number of nitrogens with zero attached hydrogens (tertiary/aromatic N) is 1. The summed E-state index contributed by atoms with van der Waals surface area (Å²) in [6.07, 6.45) is 4.12. The minimum absolute atomic E-state index is 0.146. The molecule has 2 rings (SSSR count). The summed E-state index contributed by atoms with van der Waals surface area (Å²) in [5.74, 6) is 1.09. The van der Waals surface area contributed by atoms with Gasteiger partial charge in [-0.15, -0.1) is 0 Å². The second-order valence-corrected chi connectivity index (χ2v) is 4.04. The lowest BCUT2D eigenvalue weighted by atomic mass is 10.0. The van der Waals surface area contributed by atoms with Crippen LogP contribution in [0.4, 0.5) is 4.39 Å². The third-order valence-electron chi connectivity index (χ3n) is 3.05. The number of hydrogen-bond acceptors (Lipinski definition) is 2. The lowest BCUT2D eigenvalue weighted by Gasteiger charge is -2.16. The van der Waals surface area contributed by atoms with E-state index in [0.29, 0.717) is 11.8 Å². The van der Waals surface area contributed by atoms with E-state index < -0.39 is 0 Å². The van der Waals surface area contributed by atoms with Gasteiger partial charge in [0, 0.05) is 17.8 Å². The Balaban J connectivity index is 2.23. The van der Waals surface area contributed by atoms with Gasteiger partial charge in [-0.05, 0) is 31.4 Å². The van der Waals surface area contributed by atoms with Gasteiger partial charge in [0.2, 0.25) is 0 Å². The van der Waals surface area contributed by atoms with Crippen LogP contribution in [0.5, 0.6) is 0 Å². The lowest BCUT2D eigenvalue weighted by Crippen LogP contribution is -2.20. The normalized spacial score (nSPS) is 27.4. The zero-order chi connectivity index (χ0) is 10.1. The molecule has 1 aliphatic rings. The largest absolute Gasteiger partial charge is 0.313 e. The van der Waals surface area contributed by atoms with Crippen LogP contribution in [0.25, 0.3) is 0 Å². The van der Waals surface area contributed by atoms with Crippen LogP contribution in [0.3, 0.4) is 0 Å². The van der Waals surface area contributed by atoms with Gasteiger partial charge in [0.05, 0.1) is 6.20 Å². The standard InChI is InChI=1S/C11H15FN2/c1-7-5-9(7)11(13-2)8-3-4-14-6-10(8)12/h3-4,6-7,9,11,13H,5H2,1-2H3. The number of aromatic nitrogens is 1. The molecule has 0 amide bonds. The van der Waals surface area contributed by atoms with E-state index in [1.807, 2.05) is 7.05 Å². The van der Waals surface area contributed by atoms with Crippen LogP contribution in [0, 0.1) is 17.7 Å². The van der Waals surface area contributed by atoms with Crippen molar-refractivity contribution in [3.63, 3.8) is 0 Å². The van der Waals surface area contributed by atoms with E-state index >= 15 is 0 Å². The minimum Gasteiger partial charge on any atom is -0.313 e. The zero-order valence-corrected chi connectivity index (χ0v) is 8.50. The van der Waals surface area contributed by atoms with E-state index in [1.54, 1.807) is 12.3 Å². The first-order chi connectivity index (χ1) is 6.74. The quantitative estimate of drug-likeness (QED) is 0.797. The highest BCUT2D eigenvalue weighted by atomic mass is 19.1. The maximum atomic E-state index is 13.4. The van der Waals surface area contributed by atoms with E-state index in [1.165, 1.54) is 12.6 Å². The second-order valence-electron chi connectivity index (χ2n) is 4.04. The molecule has 76 valence electrons. The van der Waals surface area contributed by atoms with Crippen molar-refractivity contribution in [3.05, 3.63) is 29.8 Å². The number of rotatable bonds is 3. The molecule has 1 aromatic rings. The van der Waals surface area contributed by atoms with Crippen molar-refractivity contribution in [1.82, 2.24) is 10.3 Å². The molecule has 3 heteroatoms. The Morgan fingerprint density at radius 2 is 2.36 bits per heavy atom. The maximum Gasteiger partial charge on any atom is 0.146 e. The number of pyridine rings is 1. The van der Waals surface area contributed by atoms with Gasteiger partial charge in [-0.1, -0.05) is 6.92 Å². The molecule has 1 heterocycles. The fourth-order valence-corrected chi connectivity index (χ4v) is 2.05. The molecular formula is C11H15FN2. The van der Waals surface area contributed by atoms with Gasteiger partial charge >= 0.3 is 0 Å². The van der Waals surface area contributed by atoms with E-state index in [-0.39, 0.29) is 11.9 Å². The highest BCUT2D eigenvalue weighted by Gasteiger charge is 2.40. The highest BCUT2D eigenvalue weighted by Crippen LogP contribution is 2.47. The lowest BCUT2D eigenvalue weighted by molar-refractivity contribution is 0.473. The molecule has 1 N–H and O–H groups in total. The molecule has 1 fully saturated rings. The Hall–Kier alpha value is -0.960. The van der Waals surface area contributed by atoms with Crippen molar-refractivity contribution >= 4 is 0 Å². The summed E-state index contributed by atoms with van der Waals surface area (Å²) in [6, 6.07) is 1.91. The minimum atomic E-state index is -0.203. The average molecular weight is 194 g/mol. The van der Waals surface area contributed by atoms with Crippen LogP contribution in [0.15, 0.2) is 18.5 Å². The first-order valence-electron chi connectivity index (χ1n) is 5.00. The van der Waals surface area contributed by atoms with E-state index in [9.17, 15) is 4.39 Å². The molecule has 0 aliphatic heterocycles. The molecule has 1 aromatic heterocycles. The molecule has 0 radical (unpaired) electrons. The van der Waals surface area contributed by atoms with Crippen molar-refractivity contribution < 1.29 is 4.39 Å².